The van der Waals surface area contributed by atoms with Crippen molar-refractivity contribution in [3.63, 3.8) is 0 Å². The molecule has 1 amide bonds. The minimum Gasteiger partial charge on any atom is -0.324 e. The monoisotopic (exact) mass is 423 g/mol. The number of carbonyl (C=O) groups is 1. The third kappa shape index (κ3) is 3.69. The molecular weight excluding hydrogens is 406 g/mol. The summed E-state index contributed by atoms with van der Waals surface area (Å²) in [4.78, 5) is 31.8. The highest BCUT2D eigenvalue weighted by molar-refractivity contribution is 7.19. The molecule has 2 aromatic carbocycles. The molecule has 4 aromatic rings. The van der Waals surface area contributed by atoms with Crippen LogP contribution in [0.25, 0.3) is 21.3 Å². The van der Waals surface area contributed by atoms with E-state index in [1.54, 1.807) is 18.2 Å². The summed E-state index contributed by atoms with van der Waals surface area (Å²) < 4.78 is 1.34. The predicted octanol–water partition coefficient (Wildman–Crippen LogP) is 5.03. The Morgan fingerprint density at radius 3 is 2.66 bits per heavy atom. The maximum absolute atomic E-state index is 13.2. The van der Waals surface area contributed by atoms with Gasteiger partial charge in [-0.25, -0.2) is 4.98 Å². The molecule has 0 atom stereocenters. The average molecular weight is 424 g/mol. The molecule has 0 bridgehead atoms. The smallest absolute Gasteiger partial charge is 0.263 e. The molecular formula is C22H18ClN3O2S. The van der Waals surface area contributed by atoms with Crippen LogP contribution >= 0.6 is 22.9 Å². The molecule has 0 saturated heterocycles. The van der Waals surface area contributed by atoms with E-state index in [0.717, 1.165) is 21.6 Å². The lowest BCUT2D eigenvalue weighted by Gasteiger charge is -2.10. The number of rotatable bonds is 4. The number of halogens is 1. The van der Waals surface area contributed by atoms with Crippen molar-refractivity contribution in [2.45, 2.75) is 20.4 Å². The van der Waals surface area contributed by atoms with Gasteiger partial charge in [0.05, 0.1) is 11.7 Å². The SMILES string of the molecule is Cc1sc2ncn(CC(=O)Nc3cccc(Cl)c3C)c(=O)c2c1-c1ccccc1. The van der Waals surface area contributed by atoms with Crippen LogP contribution in [0.2, 0.25) is 5.02 Å². The number of nitrogens with zero attached hydrogens (tertiary/aromatic N) is 2. The normalized spacial score (nSPS) is 11.0. The first kappa shape index (κ1) is 19.4. The van der Waals surface area contributed by atoms with Crippen LogP contribution in [0, 0.1) is 13.8 Å². The molecule has 1 N–H and O–H groups in total. The van der Waals surface area contributed by atoms with E-state index in [-0.39, 0.29) is 18.0 Å². The molecule has 5 nitrogen and oxygen atoms in total. The number of hydrogen-bond donors (Lipinski definition) is 1. The zero-order valence-corrected chi connectivity index (χ0v) is 17.5. The molecule has 0 fully saturated rings. The van der Waals surface area contributed by atoms with Gasteiger partial charge in [-0.15, -0.1) is 11.3 Å². The first-order valence-electron chi connectivity index (χ1n) is 9.04. The molecule has 2 heterocycles. The van der Waals surface area contributed by atoms with Crippen LogP contribution in [0.3, 0.4) is 0 Å². The molecule has 4 rings (SSSR count). The minimum absolute atomic E-state index is 0.128. The fourth-order valence-electron chi connectivity index (χ4n) is 3.29. The van der Waals surface area contributed by atoms with E-state index in [1.807, 2.05) is 44.2 Å². The first-order valence-corrected chi connectivity index (χ1v) is 10.2. The van der Waals surface area contributed by atoms with Crippen molar-refractivity contribution in [1.82, 2.24) is 9.55 Å². The van der Waals surface area contributed by atoms with E-state index < -0.39 is 0 Å². The van der Waals surface area contributed by atoms with Crippen LogP contribution in [0.15, 0.2) is 59.7 Å². The maximum atomic E-state index is 13.2. The lowest BCUT2D eigenvalue weighted by atomic mass is 10.0. The van der Waals surface area contributed by atoms with Gasteiger partial charge in [0, 0.05) is 21.2 Å². The molecule has 29 heavy (non-hydrogen) atoms. The zero-order chi connectivity index (χ0) is 20.5. The standard InChI is InChI=1S/C22H18ClN3O2S/c1-13-16(23)9-6-10-17(13)25-18(27)11-26-12-24-21-20(22(26)28)19(14(2)29-21)15-7-4-3-5-8-15/h3-10,12H,11H2,1-2H3,(H,25,27). The molecule has 0 saturated carbocycles. The van der Waals surface area contributed by atoms with Gasteiger partial charge in [-0.2, -0.15) is 0 Å². The summed E-state index contributed by atoms with van der Waals surface area (Å²) in [5, 5.41) is 3.94. The molecule has 0 unspecified atom stereocenters. The van der Waals surface area contributed by atoms with Crippen LogP contribution in [0.1, 0.15) is 10.4 Å². The molecule has 7 heteroatoms. The summed E-state index contributed by atoms with van der Waals surface area (Å²) in [6, 6.07) is 15.1. The van der Waals surface area contributed by atoms with Gasteiger partial charge in [0.25, 0.3) is 5.56 Å². The molecule has 146 valence electrons. The number of thiophene rings is 1. The highest BCUT2D eigenvalue weighted by Crippen LogP contribution is 2.35. The Morgan fingerprint density at radius 1 is 1.14 bits per heavy atom. The Kier molecular flexibility index (Phi) is 5.22. The van der Waals surface area contributed by atoms with Gasteiger partial charge in [0.1, 0.15) is 11.4 Å². The number of benzene rings is 2. The third-order valence-electron chi connectivity index (χ3n) is 4.77. The molecule has 0 aliphatic carbocycles. The van der Waals surface area contributed by atoms with Crippen LogP contribution in [0.5, 0.6) is 0 Å². The van der Waals surface area contributed by atoms with Crippen LogP contribution in [-0.2, 0) is 11.3 Å². The van der Waals surface area contributed by atoms with E-state index in [9.17, 15) is 9.59 Å². The number of aryl methyl sites for hydroxylation is 1. The fraction of sp³-hybridized carbons (Fsp3) is 0.136. The van der Waals surface area contributed by atoms with Crippen LogP contribution < -0.4 is 10.9 Å². The second-order valence-corrected chi connectivity index (χ2v) is 8.33. The number of hydrogen-bond acceptors (Lipinski definition) is 4. The van der Waals surface area contributed by atoms with Gasteiger partial charge in [-0.3, -0.25) is 14.2 Å². The number of nitrogens with one attached hydrogen (secondary N) is 1. The lowest BCUT2D eigenvalue weighted by Crippen LogP contribution is -2.28. The van der Waals surface area contributed by atoms with E-state index in [2.05, 4.69) is 10.3 Å². The van der Waals surface area contributed by atoms with Gasteiger partial charge < -0.3 is 5.32 Å². The summed E-state index contributed by atoms with van der Waals surface area (Å²) in [5.74, 6) is -0.313. The van der Waals surface area contributed by atoms with Gasteiger partial charge in [-0.05, 0) is 37.1 Å². The number of carbonyl (C=O) groups excluding carboxylic acids is 1. The Balaban J connectivity index is 1.70. The van der Waals surface area contributed by atoms with Crippen molar-refractivity contribution in [2.24, 2.45) is 0 Å². The quantitative estimate of drug-likeness (QED) is 0.500. The van der Waals surface area contributed by atoms with Gasteiger partial charge in [0.2, 0.25) is 5.91 Å². The molecule has 0 aliphatic heterocycles. The lowest BCUT2D eigenvalue weighted by molar-refractivity contribution is -0.116. The summed E-state index contributed by atoms with van der Waals surface area (Å²) in [5.41, 5.74) is 3.02. The predicted molar refractivity (Wildman–Crippen MR) is 119 cm³/mol. The number of anilines is 1. The van der Waals surface area contributed by atoms with Crippen molar-refractivity contribution in [3.05, 3.63) is 80.7 Å². The van der Waals surface area contributed by atoms with Crippen molar-refractivity contribution in [1.29, 1.82) is 0 Å². The molecule has 2 aromatic heterocycles. The summed E-state index contributed by atoms with van der Waals surface area (Å²) in [6.07, 6.45) is 1.43. The van der Waals surface area contributed by atoms with Crippen LogP contribution in [-0.4, -0.2) is 15.5 Å². The minimum atomic E-state index is -0.313. The second kappa shape index (κ2) is 7.81. The van der Waals surface area contributed by atoms with Crippen molar-refractivity contribution >= 4 is 44.7 Å². The van der Waals surface area contributed by atoms with Crippen molar-refractivity contribution < 1.29 is 4.79 Å². The Labute approximate surface area is 176 Å². The molecule has 0 aliphatic rings. The van der Waals surface area contributed by atoms with E-state index in [1.165, 1.54) is 22.2 Å². The second-order valence-electron chi connectivity index (χ2n) is 6.72. The molecule has 0 radical (unpaired) electrons. The Hall–Kier alpha value is -2.96. The van der Waals surface area contributed by atoms with Crippen LogP contribution in [0.4, 0.5) is 5.69 Å². The number of fused-ring (bicyclic) bond motifs is 1. The van der Waals surface area contributed by atoms with E-state index >= 15 is 0 Å². The highest BCUT2D eigenvalue weighted by atomic mass is 35.5. The zero-order valence-electron chi connectivity index (χ0n) is 15.9. The van der Waals surface area contributed by atoms with Gasteiger partial charge in [-0.1, -0.05) is 48.0 Å². The Morgan fingerprint density at radius 2 is 1.90 bits per heavy atom. The van der Waals surface area contributed by atoms with Crippen molar-refractivity contribution in [3.8, 4) is 11.1 Å². The maximum Gasteiger partial charge on any atom is 0.263 e. The van der Waals surface area contributed by atoms with E-state index in [4.69, 9.17) is 11.6 Å². The van der Waals surface area contributed by atoms with Gasteiger partial charge >= 0.3 is 0 Å². The highest BCUT2D eigenvalue weighted by Gasteiger charge is 2.18. The summed E-state index contributed by atoms with van der Waals surface area (Å²) in [7, 11) is 0. The summed E-state index contributed by atoms with van der Waals surface area (Å²) in [6.45, 7) is 3.68. The Bertz CT molecular complexity index is 1280. The van der Waals surface area contributed by atoms with Gasteiger partial charge in [0.15, 0.2) is 0 Å². The number of amides is 1. The fourth-order valence-corrected chi connectivity index (χ4v) is 4.47. The largest absolute Gasteiger partial charge is 0.324 e. The topological polar surface area (TPSA) is 64.0 Å². The number of aromatic nitrogens is 2. The first-order chi connectivity index (χ1) is 14.0. The molecule has 0 spiro atoms. The summed E-state index contributed by atoms with van der Waals surface area (Å²) >= 11 is 7.59. The van der Waals surface area contributed by atoms with Crippen molar-refractivity contribution in [2.75, 3.05) is 5.32 Å². The average Bonchev–Trinajstić information content (AvgIpc) is 3.05. The van der Waals surface area contributed by atoms with E-state index in [0.29, 0.717) is 20.9 Å². The third-order valence-corrected chi connectivity index (χ3v) is 6.20.